The Hall–Kier alpha value is -1.42. The van der Waals surface area contributed by atoms with Crippen molar-refractivity contribution < 1.29 is 4.79 Å². The third-order valence-corrected chi connectivity index (χ3v) is 4.47. The zero-order valence-electron chi connectivity index (χ0n) is 10.3. The van der Waals surface area contributed by atoms with Gasteiger partial charge >= 0.3 is 0 Å². The van der Waals surface area contributed by atoms with Crippen molar-refractivity contribution in [3.63, 3.8) is 0 Å². The predicted molar refractivity (Wildman–Crippen MR) is 76.1 cm³/mol. The first-order valence-corrected chi connectivity index (χ1v) is 7.27. The molecular formula is C14H16N2OS. The lowest BCUT2D eigenvalue weighted by molar-refractivity contribution is 0.0763. The molecule has 0 bridgehead atoms. The van der Waals surface area contributed by atoms with E-state index in [0.29, 0.717) is 5.25 Å². The van der Waals surface area contributed by atoms with Gasteiger partial charge in [-0.1, -0.05) is 13.0 Å². The maximum absolute atomic E-state index is 12.4. The molecule has 0 saturated carbocycles. The molecule has 1 aromatic carbocycles. The number of aromatic amines is 1. The van der Waals surface area contributed by atoms with Crippen LogP contribution in [-0.4, -0.2) is 39.9 Å². The standard InChI is InChI=1S/C14H16N2OS/c1-10-9-16(6-7-18-10)14(17)12-3-2-11-4-5-15-13(11)8-12/h2-5,8,10,15H,6-7,9H2,1H3/t10-/m1/s1. The smallest absolute Gasteiger partial charge is 0.253 e. The van der Waals surface area contributed by atoms with E-state index in [4.69, 9.17) is 0 Å². The van der Waals surface area contributed by atoms with E-state index in [9.17, 15) is 4.79 Å². The van der Waals surface area contributed by atoms with Gasteiger partial charge in [0.05, 0.1) is 0 Å². The molecule has 0 spiro atoms. The summed E-state index contributed by atoms with van der Waals surface area (Å²) in [4.78, 5) is 17.5. The SMILES string of the molecule is C[C@@H]1CN(C(=O)c2ccc3cc[nH]c3c2)CCS1. The monoisotopic (exact) mass is 260 g/mol. The lowest BCUT2D eigenvalue weighted by Gasteiger charge is -2.30. The number of amides is 1. The third kappa shape index (κ3) is 2.12. The molecule has 1 aliphatic rings. The maximum Gasteiger partial charge on any atom is 0.253 e. The molecule has 0 unspecified atom stereocenters. The number of hydrogen-bond donors (Lipinski definition) is 1. The van der Waals surface area contributed by atoms with Crippen LogP contribution >= 0.6 is 11.8 Å². The maximum atomic E-state index is 12.4. The molecular weight excluding hydrogens is 244 g/mol. The fourth-order valence-corrected chi connectivity index (χ4v) is 3.38. The van der Waals surface area contributed by atoms with Crippen LogP contribution in [0.5, 0.6) is 0 Å². The summed E-state index contributed by atoms with van der Waals surface area (Å²) in [5.74, 6) is 1.19. The summed E-state index contributed by atoms with van der Waals surface area (Å²) < 4.78 is 0. The van der Waals surface area contributed by atoms with Crippen LogP contribution in [0.3, 0.4) is 0 Å². The molecule has 18 heavy (non-hydrogen) atoms. The van der Waals surface area contributed by atoms with Gasteiger partial charge in [0, 0.05) is 41.4 Å². The molecule has 0 aliphatic carbocycles. The van der Waals surface area contributed by atoms with Crippen LogP contribution in [0.4, 0.5) is 0 Å². The highest BCUT2D eigenvalue weighted by molar-refractivity contribution is 7.99. The molecule has 1 saturated heterocycles. The molecule has 1 amide bonds. The van der Waals surface area contributed by atoms with Crippen LogP contribution in [0.2, 0.25) is 0 Å². The first kappa shape index (κ1) is 11.7. The number of H-pyrrole nitrogens is 1. The summed E-state index contributed by atoms with van der Waals surface area (Å²) in [5, 5.41) is 1.69. The van der Waals surface area contributed by atoms with E-state index in [0.717, 1.165) is 35.3 Å². The summed E-state index contributed by atoms with van der Waals surface area (Å²) in [5.41, 5.74) is 1.81. The molecule has 2 heterocycles. The Bertz CT molecular complexity index is 578. The Morgan fingerprint density at radius 1 is 1.44 bits per heavy atom. The second-order valence-corrected chi connectivity index (χ2v) is 6.26. The number of rotatable bonds is 1. The van der Waals surface area contributed by atoms with Gasteiger partial charge in [0.15, 0.2) is 0 Å². The van der Waals surface area contributed by atoms with Crippen LogP contribution in [0.25, 0.3) is 10.9 Å². The lowest BCUT2D eigenvalue weighted by atomic mass is 10.1. The Morgan fingerprint density at radius 2 is 2.33 bits per heavy atom. The molecule has 0 radical (unpaired) electrons. The van der Waals surface area contributed by atoms with Gasteiger partial charge in [0.1, 0.15) is 0 Å². The van der Waals surface area contributed by atoms with Crippen molar-refractivity contribution >= 4 is 28.6 Å². The molecule has 1 fully saturated rings. The molecule has 3 rings (SSSR count). The van der Waals surface area contributed by atoms with E-state index in [2.05, 4.69) is 11.9 Å². The van der Waals surface area contributed by atoms with E-state index in [1.54, 1.807) is 0 Å². The molecule has 94 valence electrons. The van der Waals surface area contributed by atoms with Gasteiger partial charge in [-0.25, -0.2) is 0 Å². The number of aromatic nitrogens is 1. The summed E-state index contributed by atoms with van der Waals surface area (Å²) in [6, 6.07) is 7.89. The minimum absolute atomic E-state index is 0.152. The highest BCUT2D eigenvalue weighted by Gasteiger charge is 2.22. The number of benzene rings is 1. The second kappa shape index (κ2) is 4.69. The molecule has 1 aliphatic heterocycles. The summed E-state index contributed by atoms with van der Waals surface area (Å²) in [6.45, 7) is 3.89. The summed E-state index contributed by atoms with van der Waals surface area (Å²) >= 11 is 1.94. The average Bonchev–Trinajstić information content (AvgIpc) is 2.85. The number of fused-ring (bicyclic) bond motifs is 1. The Morgan fingerprint density at radius 3 is 3.17 bits per heavy atom. The van der Waals surface area contributed by atoms with Gasteiger partial charge in [-0.3, -0.25) is 4.79 Å². The van der Waals surface area contributed by atoms with Gasteiger partial charge in [0.2, 0.25) is 0 Å². The second-order valence-electron chi connectivity index (χ2n) is 4.71. The summed E-state index contributed by atoms with van der Waals surface area (Å²) in [6.07, 6.45) is 1.90. The Labute approximate surface area is 111 Å². The fraction of sp³-hybridized carbons (Fsp3) is 0.357. The number of hydrogen-bond acceptors (Lipinski definition) is 2. The molecule has 1 aromatic heterocycles. The lowest BCUT2D eigenvalue weighted by Crippen LogP contribution is -2.41. The number of nitrogens with one attached hydrogen (secondary N) is 1. The number of thioether (sulfide) groups is 1. The van der Waals surface area contributed by atoms with E-state index in [1.807, 2.05) is 47.1 Å². The van der Waals surface area contributed by atoms with Gasteiger partial charge in [-0.15, -0.1) is 0 Å². The van der Waals surface area contributed by atoms with E-state index in [-0.39, 0.29) is 5.91 Å². The highest BCUT2D eigenvalue weighted by atomic mass is 32.2. The predicted octanol–water partition coefficient (Wildman–Crippen LogP) is 2.75. The van der Waals surface area contributed by atoms with Gasteiger partial charge < -0.3 is 9.88 Å². The normalized spacial score (nSPS) is 20.3. The largest absolute Gasteiger partial charge is 0.361 e. The quantitative estimate of drug-likeness (QED) is 0.856. The zero-order valence-corrected chi connectivity index (χ0v) is 11.2. The van der Waals surface area contributed by atoms with E-state index >= 15 is 0 Å². The fourth-order valence-electron chi connectivity index (χ4n) is 2.37. The van der Waals surface area contributed by atoms with Crippen LogP contribution in [-0.2, 0) is 0 Å². The number of carbonyl (C=O) groups excluding carboxylic acids is 1. The van der Waals surface area contributed by atoms with Crippen LogP contribution < -0.4 is 0 Å². The van der Waals surface area contributed by atoms with Crippen LogP contribution in [0, 0.1) is 0 Å². The van der Waals surface area contributed by atoms with Crippen molar-refractivity contribution in [3.8, 4) is 0 Å². The van der Waals surface area contributed by atoms with Crippen molar-refractivity contribution in [1.82, 2.24) is 9.88 Å². The van der Waals surface area contributed by atoms with Gasteiger partial charge in [-0.05, 0) is 23.6 Å². The average molecular weight is 260 g/mol. The number of nitrogens with zero attached hydrogens (tertiary/aromatic N) is 1. The molecule has 1 N–H and O–H groups in total. The Balaban J connectivity index is 1.86. The van der Waals surface area contributed by atoms with Crippen molar-refractivity contribution in [2.24, 2.45) is 0 Å². The van der Waals surface area contributed by atoms with Crippen molar-refractivity contribution in [1.29, 1.82) is 0 Å². The molecule has 3 nitrogen and oxygen atoms in total. The topological polar surface area (TPSA) is 36.1 Å². The first-order valence-electron chi connectivity index (χ1n) is 6.22. The molecule has 4 heteroatoms. The van der Waals surface area contributed by atoms with Crippen molar-refractivity contribution in [3.05, 3.63) is 36.0 Å². The Kier molecular flexibility index (Phi) is 3.04. The van der Waals surface area contributed by atoms with Crippen molar-refractivity contribution in [2.45, 2.75) is 12.2 Å². The minimum atomic E-state index is 0.152. The van der Waals surface area contributed by atoms with Crippen molar-refractivity contribution in [2.75, 3.05) is 18.8 Å². The number of carbonyl (C=O) groups is 1. The van der Waals surface area contributed by atoms with E-state index < -0.39 is 0 Å². The van der Waals surface area contributed by atoms with Crippen LogP contribution in [0.15, 0.2) is 30.5 Å². The molecule has 1 atom stereocenters. The van der Waals surface area contributed by atoms with Gasteiger partial charge in [0.25, 0.3) is 5.91 Å². The highest BCUT2D eigenvalue weighted by Crippen LogP contribution is 2.21. The van der Waals surface area contributed by atoms with Gasteiger partial charge in [-0.2, -0.15) is 11.8 Å². The van der Waals surface area contributed by atoms with E-state index in [1.165, 1.54) is 0 Å². The molecule has 2 aromatic rings. The van der Waals surface area contributed by atoms with Crippen LogP contribution in [0.1, 0.15) is 17.3 Å². The zero-order chi connectivity index (χ0) is 12.5. The first-order chi connectivity index (χ1) is 8.74. The third-order valence-electron chi connectivity index (χ3n) is 3.33. The minimum Gasteiger partial charge on any atom is -0.361 e. The summed E-state index contributed by atoms with van der Waals surface area (Å²) in [7, 11) is 0.